The van der Waals surface area contributed by atoms with Crippen LogP contribution in [0.3, 0.4) is 0 Å². The van der Waals surface area contributed by atoms with Crippen molar-refractivity contribution in [2.45, 2.75) is 52.4 Å². The number of rotatable bonds is 5. The van der Waals surface area contributed by atoms with Crippen LogP contribution in [0.15, 0.2) is 121 Å². The number of nitrogens with zero attached hydrogens (tertiary/aromatic N) is 4. The van der Waals surface area contributed by atoms with Crippen LogP contribution < -0.4 is 0 Å². The molecule has 7 aromatic rings. The summed E-state index contributed by atoms with van der Waals surface area (Å²) in [5.74, 6) is 0.811. The predicted octanol–water partition coefficient (Wildman–Crippen LogP) is 11.0. The van der Waals surface area contributed by atoms with Gasteiger partial charge in [-0.25, -0.2) is 9.97 Å². The second-order valence-electron chi connectivity index (χ2n) is 14.9. The summed E-state index contributed by atoms with van der Waals surface area (Å²) in [6.45, 7) is 12.8. The molecule has 0 unspecified atom stereocenters. The first-order valence-electron chi connectivity index (χ1n) is 16.8. The van der Waals surface area contributed by atoms with Gasteiger partial charge in [-0.2, -0.15) is 0 Å². The average Bonchev–Trinajstić information content (AvgIpc) is 3.44. The van der Waals surface area contributed by atoms with Crippen LogP contribution in [-0.2, 0) is 17.9 Å². The summed E-state index contributed by atoms with van der Waals surface area (Å²) in [5, 5.41) is 11.7. The normalized spacial score (nSPS) is 12.1. The number of hydrogen-bond acceptors (Lipinski definition) is 4. The van der Waals surface area contributed by atoms with Crippen LogP contribution in [-0.4, -0.2) is 24.6 Å². The molecule has 0 aliphatic carbocycles. The summed E-state index contributed by atoms with van der Waals surface area (Å²) in [5.41, 5.74) is 12.1. The summed E-state index contributed by atoms with van der Waals surface area (Å²) in [7, 11) is 2.00. The number of pyridine rings is 2. The summed E-state index contributed by atoms with van der Waals surface area (Å²) in [6, 6.07) is 40.1. The van der Waals surface area contributed by atoms with Crippen molar-refractivity contribution in [2.75, 3.05) is 0 Å². The fourth-order valence-corrected chi connectivity index (χ4v) is 6.44. The lowest BCUT2D eigenvalue weighted by molar-refractivity contribution is 0.441. The van der Waals surface area contributed by atoms with Crippen molar-refractivity contribution in [3.63, 3.8) is 0 Å². The van der Waals surface area contributed by atoms with Crippen LogP contribution in [0.1, 0.15) is 52.8 Å². The second-order valence-corrected chi connectivity index (χ2v) is 14.9. The fourth-order valence-electron chi connectivity index (χ4n) is 6.44. The van der Waals surface area contributed by atoms with Gasteiger partial charge >= 0.3 is 0 Å². The highest BCUT2D eigenvalue weighted by Gasteiger charge is 2.29. The second kappa shape index (κ2) is 12.2. The van der Waals surface area contributed by atoms with Crippen LogP contribution >= 0.6 is 0 Å². The minimum absolute atomic E-state index is 0.179. The van der Waals surface area contributed by atoms with E-state index in [1.165, 1.54) is 0 Å². The van der Waals surface area contributed by atoms with Gasteiger partial charge < -0.3 is 9.67 Å². The van der Waals surface area contributed by atoms with Crippen molar-refractivity contribution in [1.29, 1.82) is 0 Å². The third-order valence-corrected chi connectivity index (χ3v) is 9.21. The third kappa shape index (κ3) is 6.13. The molecule has 0 spiro atoms. The highest BCUT2D eigenvalue weighted by Crippen LogP contribution is 2.42. The third-order valence-electron chi connectivity index (χ3n) is 9.21. The molecular weight excluding hydrogens is 601 g/mol. The van der Waals surface area contributed by atoms with E-state index in [1.807, 2.05) is 36.0 Å². The number of aryl methyl sites for hydroxylation is 1. The van der Waals surface area contributed by atoms with E-state index in [9.17, 15) is 5.11 Å². The number of hydrogen-bond donors (Lipinski definition) is 1. The number of aromatic nitrogens is 4. The lowest BCUT2D eigenvalue weighted by atomic mass is 9.82. The molecule has 3 heterocycles. The Labute approximate surface area is 289 Å². The molecule has 0 aliphatic rings. The van der Waals surface area contributed by atoms with Gasteiger partial charge in [0.2, 0.25) is 0 Å². The molecule has 0 bridgehead atoms. The van der Waals surface area contributed by atoms with Gasteiger partial charge in [0, 0.05) is 41.0 Å². The van der Waals surface area contributed by atoms with Gasteiger partial charge in [-0.3, -0.25) is 4.98 Å². The van der Waals surface area contributed by atoms with E-state index in [-0.39, 0.29) is 16.6 Å². The maximum Gasteiger partial charge on any atom is 0.163 e. The van der Waals surface area contributed by atoms with E-state index >= 15 is 0 Å². The number of aromatic hydroxyl groups is 1. The molecule has 0 radical (unpaired) electrons. The zero-order valence-corrected chi connectivity index (χ0v) is 29.3. The number of para-hydroxylation sites is 1. The van der Waals surface area contributed by atoms with E-state index in [0.29, 0.717) is 11.5 Å². The predicted molar refractivity (Wildman–Crippen MR) is 203 cm³/mol. The van der Waals surface area contributed by atoms with Crippen LogP contribution in [0, 0.1) is 0 Å². The summed E-state index contributed by atoms with van der Waals surface area (Å²) in [6.07, 6.45) is 1.88. The molecule has 5 heteroatoms. The first-order chi connectivity index (χ1) is 23.4. The molecule has 7 rings (SSSR count). The topological polar surface area (TPSA) is 63.8 Å². The van der Waals surface area contributed by atoms with Crippen molar-refractivity contribution in [1.82, 2.24) is 19.5 Å². The van der Waals surface area contributed by atoms with E-state index in [4.69, 9.17) is 15.0 Å². The molecule has 0 aliphatic heterocycles. The van der Waals surface area contributed by atoms with Crippen molar-refractivity contribution in [3.05, 3.63) is 133 Å². The largest absolute Gasteiger partial charge is 0.505 e. The highest BCUT2D eigenvalue weighted by atomic mass is 16.3. The van der Waals surface area contributed by atoms with Crippen LogP contribution in [0.25, 0.3) is 67.2 Å². The first-order valence-corrected chi connectivity index (χ1v) is 16.8. The van der Waals surface area contributed by atoms with Gasteiger partial charge in [0.25, 0.3) is 0 Å². The van der Waals surface area contributed by atoms with E-state index in [0.717, 1.165) is 66.9 Å². The van der Waals surface area contributed by atoms with Crippen LogP contribution in [0.5, 0.6) is 5.75 Å². The summed E-state index contributed by atoms with van der Waals surface area (Å²) >= 11 is 0. The lowest BCUT2D eigenvalue weighted by Crippen LogP contribution is -2.19. The molecule has 5 nitrogen and oxygen atoms in total. The fraction of sp³-hybridized carbons (Fsp3) is 0.205. The Bertz CT molecular complexity index is 2310. The first kappa shape index (κ1) is 32.0. The smallest absolute Gasteiger partial charge is 0.163 e. The van der Waals surface area contributed by atoms with Gasteiger partial charge in [0.15, 0.2) is 5.82 Å². The maximum absolute atomic E-state index is 11.7. The quantitative estimate of drug-likeness (QED) is 0.203. The summed E-state index contributed by atoms with van der Waals surface area (Å²) < 4.78 is 2.05. The monoisotopic (exact) mass is 642 g/mol. The minimum Gasteiger partial charge on any atom is -0.505 e. The Morgan fingerprint density at radius 2 is 1.20 bits per heavy atom. The Kier molecular flexibility index (Phi) is 7.95. The number of fused-ring (bicyclic) bond motifs is 1. The molecule has 0 saturated heterocycles. The van der Waals surface area contributed by atoms with Gasteiger partial charge in [0.05, 0.1) is 16.7 Å². The zero-order valence-electron chi connectivity index (χ0n) is 29.3. The van der Waals surface area contributed by atoms with Crippen LogP contribution in [0.4, 0.5) is 0 Å². The molecule has 49 heavy (non-hydrogen) atoms. The van der Waals surface area contributed by atoms with E-state index in [1.54, 1.807) is 0 Å². The standard InChI is InChI=1S/C44H42N4O/c1-43(2,3)35-27-38(44(4,5)6)46-40(41(35)49)42-47-39-34(19-14-20-37(39)48(42)7)32-23-31(29-17-12-9-13-18-29)24-33(25-32)36-26-30(21-22-45-36)28-15-10-8-11-16-28/h8-27,49H,1-7H3. The van der Waals surface area contributed by atoms with Crippen molar-refractivity contribution < 1.29 is 5.11 Å². The zero-order chi connectivity index (χ0) is 34.5. The Balaban J connectivity index is 1.44. The van der Waals surface area contributed by atoms with Crippen molar-refractivity contribution in [3.8, 4) is 61.9 Å². The molecule has 4 aromatic carbocycles. The molecule has 3 aromatic heterocycles. The molecular formula is C44H42N4O. The Morgan fingerprint density at radius 3 is 1.86 bits per heavy atom. The van der Waals surface area contributed by atoms with Gasteiger partial charge in [-0.05, 0) is 75.7 Å². The van der Waals surface area contributed by atoms with E-state index < -0.39 is 0 Å². The highest BCUT2D eigenvalue weighted by molar-refractivity contribution is 5.96. The lowest BCUT2D eigenvalue weighted by Gasteiger charge is -2.26. The Morgan fingerprint density at radius 1 is 0.571 bits per heavy atom. The number of imidazole rings is 1. The van der Waals surface area contributed by atoms with Gasteiger partial charge in [-0.15, -0.1) is 0 Å². The van der Waals surface area contributed by atoms with Crippen LogP contribution in [0.2, 0.25) is 0 Å². The molecule has 0 amide bonds. The number of benzene rings is 4. The molecule has 1 N–H and O–H groups in total. The van der Waals surface area contributed by atoms with Crippen molar-refractivity contribution >= 4 is 11.0 Å². The minimum atomic E-state index is -0.280. The van der Waals surface area contributed by atoms with E-state index in [2.05, 4.69) is 139 Å². The maximum atomic E-state index is 11.7. The van der Waals surface area contributed by atoms with Gasteiger partial charge in [0.1, 0.15) is 11.4 Å². The molecule has 0 fully saturated rings. The molecule has 0 atom stereocenters. The van der Waals surface area contributed by atoms with Crippen molar-refractivity contribution in [2.24, 2.45) is 7.05 Å². The SMILES string of the molecule is Cn1c(-c2nc(C(C)(C)C)cc(C(C)(C)C)c2O)nc2c(-c3cc(-c4ccccc4)cc(-c4cc(-c5ccccc5)ccn4)c3)cccc21. The molecule has 244 valence electrons. The van der Waals surface area contributed by atoms with Gasteiger partial charge in [-0.1, -0.05) is 114 Å². The average molecular weight is 643 g/mol. The molecule has 0 saturated carbocycles. The Hall–Kier alpha value is -5.55. The summed E-state index contributed by atoms with van der Waals surface area (Å²) in [4.78, 5) is 15.1.